The third-order valence-electron chi connectivity index (χ3n) is 2.01. The van der Waals surface area contributed by atoms with Crippen LogP contribution in [0.5, 0.6) is 0 Å². The maximum absolute atomic E-state index is 11.0. The topological polar surface area (TPSA) is 92.9 Å². The van der Waals surface area contributed by atoms with Crippen molar-refractivity contribution in [2.45, 2.75) is 19.9 Å². The summed E-state index contributed by atoms with van der Waals surface area (Å²) in [7, 11) is 1.42. The lowest BCUT2D eigenvalue weighted by molar-refractivity contribution is -0.146. The molecular formula is C10H20N2O4. The van der Waals surface area contributed by atoms with Crippen LogP contribution in [-0.4, -0.2) is 54.7 Å². The highest BCUT2D eigenvalue weighted by molar-refractivity contribution is 5.78. The van der Waals surface area contributed by atoms with Crippen LogP contribution in [-0.2, 0) is 14.3 Å². The second-order valence-corrected chi connectivity index (χ2v) is 4.10. The molecule has 0 aliphatic heterocycles. The largest absolute Gasteiger partial charge is 0.480 e. The van der Waals surface area contributed by atoms with Gasteiger partial charge in [0, 0.05) is 13.7 Å². The highest BCUT2D eigenvalue weighted by Crippen LogP contribution is 2.05. The molecule has 16 heavy (non-hydrogen) atoms. The van der Waals surface area contributed by atoms with E-state index in [-0.39, 0.29) is 19.1 Å². The standard InChI is InChI=1S/C10H20N2O4/c1-7(2)4-12(5-9(11)13)8(6-16-3)10(14)15/h7-8H,4-6H2,1-3H3,(H2,11,13)(H,14,15). The summed E-state index contributed by atoms with van der Waals surface area (Å²) >= 11 is 0. The van der Waals surface area contributed by atoms with E-state index in [9.17, 15) is 9.59 Å². The molecule has 0 spiro atoms. The van der Waals surface area contributed by atoms with E-state index in [4.69, 9.17) is 15.6 Å². The van der Waals surface area contributed by atoms with Gasteiger partial charge in [-0.15, -0.1) is 0 Å². The molecule has 0 aromatic heterocycles. The Kier molecular flexibility index (Phi) is 6.67. The number of hydrogen-bond acceptors (Lipinski definition) is 4. The molecule has 0 radical (unpaired) electrons. The van der Waals surface area contributed by atoms with Gasteiger partial charge in [-0.05, 0) is 5.92 Å². The number of rotatable bonds is 8. The van der Waals surface area contributed by atoms with Crippen LogP contribution < -0.4 is 5.73 Å². The number of primary amides is 1. The van der Waals surface area contributed by atoms with Crippen LogP contribution in [0.15, 0.2) is 0 Å². The molecule has 1 atom stereocenters. The molecule has 1 amide bonds. The van der Waals surface area contributed by atoms with Crippen LogP contribution in [0.4, 0.5) is 0 Å². The summed E-state index contributed by atoms with van der Waals surface area (Å²) in [5.41, 5.74) is 5.09. The number of amides is 1. The molecule has 0 rings (SSSR count). The fourth-order valence-corrected chi connectivity index (χ4v) is 1.46. The molecular weight excluding hydrogens is 212 g/mol. The lowest BCUT2D eigenvalue weighted by Crippen LogP contribution is -2.49. The molecule has 3 N–H and O–H groups in total. The zero-order valence-corrected chi connectivity index (χ0v) is 9.97. The van der Waals surface area contributed by atoms with E-state index >= 15 is 0 Å². The van der Waals surface area contributed by atoms with Crippen LogP contribution in [0.1, 0.15) is 13.8 Å². The number of carbonyl (C=O) groups is 2. The van der Waals surface area contributed by atoms with Crippen molar-refractivity contribution in [2.75, 3.05) is 26.8 Å². The van der Waals surface area contributed by atoms with Gasteiger partial charge in [0.15, 0.2) is 0 Å². The fraction of sp³-hybridized carbons (Fsp3) is 0.800. The Hall–Kier alpha value is -1.14. The molecule has 0 fully saturated rings. The van der Waals surface area contributed by atoms with Gasteiger partial charge >= 0.3 is 5.97 Å². The van der Waals surface area contributed by atoms with Crippen molar-refractivity contribution >= 4 is 11.9 Å². The van der Waals surface area contributed by atoms with Crippen molar-refractivity contribution < 1.29 is 19.4 Å². The molecule has 0 aromatic carbocycles. The fourth-order valence-electron chi connectivity index (χ4n) is 1.46. The zero-order chi connectivity index (χ0) is 12.7. The Morgan fingerprint density at radius 3 is 2.31 bits per heavy atom. The molecule has 6 nitrogen and oxygen atoms in total. The molecule has 94 valence electrons. The second kappa shape index (κ2) is 7.19. The maximum Gasteiger partial charge on any atom is 0.323 e. The Bertz CT molecular complexity index is 243. The predicted molar refractivity (Wildman–Crippen MR) is 58.9 cm³/mol. The summed E-state index contributed by atoms with van der Waals surface area (Å²) in [5.74, 6) is -1.30. The SMILES string of the molecule is COCC(C(=O)O)N(CC(N)=O)CC(C)C. The van der Waals surface area contributed by atoms with Crippen molar-refractivity contribution in [3.63, 3.8) is 0 Å². The normalized spacial score (nSPS) is 13.1. The number of aliphatic carboxylic acids is 1. The van der Waals surface area contributed by atoms with E-state index in [1.165, 1.54) is 12.0 Å². The van der Waals surface area contributed by atoms with Crippen molar-refractivity contribution in [1.29, 1.82) is 0 Å². The molecule has 0 saturated carbocycles. The predicted octanol–water partition coefficient (Wildman–Crippen LogP) is -0.471. The highest BCUT2D eigenvalue weighted by Gasteiger charge is 2.27. The van der Waals surface area contributed by atoms with E-state index in [0.29, 0.717) is 6.54 Å². The number of carboxylic acids is 1. The summed E-state index contributed by atoms with van der Waals surface area (Å²) in [5, 5.41) is 9.03. The smallest absolute Gasteiger partial charge is 0.323 e. The van der Waals surface area contributed by atoms with Crippen LogP contribution in [0.2, 0.25) is 0 Å². The van der Waals surface area contributed by atoms with Crippen molar-refractivity contribution in [2.24, 2.45) is 11.7 Å². The summed E-state index contributed by atoms with van der Waals surface area (Å²) in [6.07, 6.45) is 0. The van der Waals surface area contributed by atoms with Gasteiger partial charge in [-0.2, -0.15) is 0 Å². The molecule has 0 aliphatic rings. The van der Waals surface area contributed by atoms with Crippen molar-refractivity contribution in [3.05, 3.63) is 0 Å². The molecule has 1 unspecified atom stereocenters. The zero-order valence-electron chi connectivity index (χ0n) is 9.97. The average Bonchev–Trinajstić information content (AvgIpc) is 2.10. The highest BCUT2D eigenvalue weighted by atomic mass is 16.5. The quantitative estimate of drug-likeness (QED) is 0.590. The lowest BCUT2D eigenvalue weighted by atomic mass is 10.1. The van der Waals surface area contributed by atoms with Gasteiger partial charge in [-0.3, -0.25) is 14.5 Å². The first kappa shape index (κ1) is 14.9. The van der Waals surface area contributed by atoms with Crippen molar-refractivity contribution in [1.82, 2.24) is 4.90 Å². The molecule has 0 aromatic rings. The number of ether oxygens (including phenoxy) is 1. The Morgan fingerprint density at radius 2 is 2.00 bits per heavy atom. The van der Waals surface area contributed by atoms with Crippen molar-refractivity contribution in [3.8, 4) is 0 Å². The van der Waals surface area contributed by atoms with Gasteiger partial charge in [0.05, 0.1) is 13.2 Å². The van der Waals surface area contributed by atoms with E-state index in [2.05, 4.69) is 0 Å². The van der Waals surface area contributed by atoms with Crippen LogP contribution in [0.3, 0.4) is 0 Å². The Balaban J connectivity index is 4.65. The minimum Gasteiger partial charge on any atom is -0.480 e. The van der Waals surface area contributed by atoms with E-state index in [1.807, 2.05) is 13.8 Å². The van der Waals surface area contributed by atoms with Crippen LogP contribution in [0, 0.1) is 5.92 Å². The number of nitrogens with two attached hydrogens (primary N) is 1. The number of carbonyl (C=O) groups excluding carboxylic acids is 1. The number of carboxylic acid groups (broad SMARTS) is 1. The molecule has 0 heterocycles. The molecule has 6 heteroatoms. The summed E-state index contributed by atoms with van der Waals surface area (Å²) in [6, 6.07) is -0.833. The van der Waals surface area contributed by atoms with E-state index in [0.717, 1.165) is 0 Å². The Labute approximate surface area is 95.4 Å². The minimum absolute atomic E-state index is 0.0370. The number of methoxy groups -OCH3 is 1. The average molecular weight is 232 g/mol. The van der Waals surface area contributed by atoms with Crippen LogP contribution >= 0.6 is 0 Å². The summed E-state index contributed by atoms with van der Waals surface area (Å²) in [4.78, 5) is 23.4. The first-order chi connectivity index (χ1) is 7.38. The van der Waals surface area contributed by atoms with Gasteiger partial charge in [0.25, 0.3) is 0 Å². The molecule has 0 bridgehead atoms. The molecule has 0 aliphatic carbocycles. The number of hydrogen-bond donors (Lipinski definition) is 2. The summed E-state index contributed by atoms with van der Waals surface area (Å²) in [6.45, 7) is 4.34. The maximum atomic E-state index is 11.0. The van der Waals surface area contributed by atoms with Gasteiger partial charge in [0.2, 0.25) is 5.91 Å². The molecule has 0 saturated heterocycles. The first-order valence-electron chi connectivity index (χ1n) is 5.12. The van der Waals surface area contributed by atoms with Gasteiger partial charge in [0.1, 0.15) is 6.04 Å². The van der Waals surface area contributed by atoms with E-state index in [1.54, 1.807) is 0 Å². The van der Waals surface area contributed by atoms with Crippen LogP contribution in [0.25, 0.3) is 0 Å². The summed E-state index contributed by atoms with van der Waals surface area (Å²) < 4.78 is 4.83. The van der Waals surface area contributed by atoms with Gasteiger partial charge in [-0.1, -0.05) is 13.8 Å². The lowest BCUT2D eigenvalue weighted by Gasteiger charge is -2.28. The first-order valence-corrected chi connectivity index (χ1v) is 5.12. The minimum atomic E-state index is -1.01. The monoisotopic (exact) mass is 232 g/mol. The third-order valence-corrected chi connectivity index (χ3v) is 2.01. The number of nitrogens with zero attached hydrogens (tertiary/aromatic N) is 1. The second-order valence-electron chi connectivity index (χ2n) is 4.10. The van der Waals surface area contributed by atoms with Gasteiger partial charge in [-0.25, -0.2) is 0 Å². The Morgan fingerprint density at radius 1 is 1.44 bits per heavy atom. The third kappa shape index (κ3) is 5.67. The van der Waals surface area contributed by atoms with Gasteiger partial charge < -0.3 is 15.6 Å². The van der Waals surface area contributed by atoms with E-state index < -0.39 is 17.9 Å².